The summed E-state index contributed by atoms with van der Waals surface area (Å²) in [6.07, 6.45) is 0.863. The molecule has 24 heavy (non-hydrogen) atoms. The molecule has 2 amide bonds. The maximum absolute atomic E-state index is 13.0. The number of hydrogen-bond acceptors (Lipinski definition) is 4. The Hall–Kier alpha value is -1.66. The second-order valence-electron chi connectivity index (χ2n) is 6.36. The molecule has 0 unspecified atom stereocenters. The lowest BCUT2D eigenvalue weighted by atomic mass is 10.1. The number of fused-ring (bicyclic) bond motifs is 1. The molecule has 3 rings (SSSR count). The van der Waals surface area contributed by atoms with E-state index in [1.54, 1.807) is 9.80 Å². The van der Waals surface area contributed by atoms with Gasteiger partial charge >= 0.3 is 0 Å². The molecular weight excluding hydrogens is 340 g/mol. The van der Waals surface area contributed by atoms with Crippen molar-refractivity contribution >= 4 is 51.4 Å². The van der Waals surface area contributed by atoms with Crippen LogP contribution in [0.5, 0.6) is 0 Å². The van der Waals surface area contributed by atoms with Crippen LogP contribution in [0.4, 0.5) is 5.69 Å². The van der Waals surface area contributed by atoms with Gasteiger partial charge in [-0.25, -0.2) is 0 Å². The molecule has 1 aromatic rings. The minimum absolute atomic E-state index is 0.0944. The van der Waals surface area contributed by atoms with Crippen molar-refractivity contribution in [2.75, 3.05) is 18.0 Å². The average molecular weight is 361 g/mol. The van der Waals surface area contributed by atoms with E-state index in [0.29, 0.717) is 33.8 Å². The second-order valence-corrected chi connectivity index (χ2v) is 8.00. The Balaban J connectivity index is 2.08. The van der Waals surface area contributed by atoms with Crippen LogP contribution in [0.1, 0.15) is 32.8 Å². The number of rotatable bonds is 4. The number of carbonyl (C=O) groups is 2. The minimum Gasteiger partial charge on any atom is -0.308 e. The van der Waals surface area contributed by atoms with Gasteiger partial charge in [-0.2, -0.15) is 0 Å². The number of para-hydroxylation sites is 1. The Bertz CT molecular complexity index is 755. The van der Waals surface area contributed by atoms with Gasteiger partial charge in [-0.15, -0.1) is 0 Å². The predicted octanol–water partition coefficient (Wildman–Crippen LogP) is 3.67. The third-order valence-electron chi connectivity index (χ3n) is 3.99. The fourth-order valence-corrected chi connectivity index (χ4v) is 4.36. The van der Waals surface area contributed by atoms with E-state index in [9.17, 15) is 9.59 Å². The van der Waals surface area contributed by atoms with Gasteiger partial charge in [0.15, 0.2) is 0 Å². The molecule has 0 aromatic heterocycles. The smallest absolute Gasteiger partial charge is 0.267 e. The highest BCUT2D eigenvalue weighted by atomic mass is 32.2. The number of amides is 2. The fourth-order valence-electron chi connectivity index (χ4n) is 3.02. The molecule has 2 aliphatic heterocycles. The van der Waals surface area contributed by atoms with E-state index in [4.69, 9.17) is 12.2 Å². The summed E-state index contributed by atoms with van der Waals surface area (Å²) in [6, 6.07) is 7.66. The van der Waals surface area contributed by atoms with Crippen molar-refractivity contribution in [1.82, 2.24) is 4.90 Å². The molecule has 0 saturated carbocycles. The first-order valence-corrected chi connectivity index (χ1v) is 9.37. The number of carbonyl (C=O) groups excluding carboxylic acids is 2. The summed E-state index contributed by atoms with van der Waals surface area (Å²) in [5.74, 6) is 0.0818. The van der Waals surface area contributed by atoms with E-state index >= 15 is 0 Å². The lowest BCUT2D eigenvalue weighted by Crippen LogP contribution is -2.32. The molecule has 6 heteroatoms. The van der Waals surface area contributed by atoms with E-state index < -0.39 is 0 Å². The average Bonchev–Trinajstić information content (AvgIpc) is 2.96. The van der Waals surface area contributed by atoms with Gasteiger partial charge in [0.05, 0.1) is 16.2 Å². The lowest BCUT2D eigenvalue weighted by Gasteiger charge is -2.16. The largest absolute Gasteiger partial charge is 0.308 e. The summed E-state index contributed by atoms with van der Waals surface area (Å²) in [4.78, 5) is 29.7. The molecule has 0 atom stereocenters. The fraction of sp³-hybridized carbons (Fsp3) is 0.389. The van der Waals surface area contributed by atoms with Crippen molar-refractivity contribution in [3.05, 3.63) is 34.7 Å². The Morgan fingerprint density at radius 1 is 1.12 bits per heavy atom. The van der Waals surface area contributed by atoms with Crippen molar-refractivity contribution in [2.24, 2.45) is 5.92 Å². The lowest BCUT2D eigenvalue weighted by molar-refractivity contribution is -0.122. The first kappa shape index (κ1) is 17.2. The van der Waals surface area contributed by atoms with Gasteiger partial charge in [-0.3, -0.25) is 14.5 Å². The van der Waals surface area contributed by atoms with Crippen LogP contribution >= 0.6 is 24.0 Å². The Kier molecular flexibility index (Phi) is 4.78. The highest BCUT2D eigenvalue weighted by molar-refractivity contribution is 8.26. The maximum atomic E-state index is 13.0. The summed E-state index contributed by atoms with van der Waals surface area (Å²) >= 11 is 6.62. The normalized spacial score (nSPS) is 20.6. The van der Waals surface area contributed by atoms with Crippen molar-refractivity contribution in [2.45, 2.75) is 27.2 Å². The highest BCUT2D eigenvalue weighted by Crippen LogP contribution is 2.44. The van der Waals surface area contributed by atoms with Crippen molar-refractivity contribution in [3.8, 4) is 0 Å². The molecule has 2 aliphatic rings. The van der Waals surface area contributed by atoms with Crippen LogP contribution < -0.4 is 4.90 Å². The zero-order chi connectivity index (χ0) is 17.4. The van der Waals surface area contributed by atoms with Gasteiger partial charge < -0.3 is 4.90 Å². The quantitative estimate of drug-likeness (QED) is 0.607. The molecule has 4 nitrogen and oxygen atoms in total. The molecule has 2 heterocycles. The molecule has 1 saturated heterocycles. The summed E-state index contributed by atoms with van der Waals surface area (Å²) < 4.78 is 0.537. The van der Waals surface area contributed by atoms with Crippen molar-refractivity contribution in [3.63, 3.8) is 0 Å². The zero-order valence-corrected chi connectivity index (χ0v) is 15.7. The summed E-state index contributed by atoms with van der Waals surface area (Å²) in [7, 11) is 0. The van der Waals surface area contributed by atoms with Crippen molar-refractivity contribution in [1.29, 1.82) is 0 Å². The van der Waals surface area contributed by atoms with E-state index in [1.807, 2.05) is 45.0 Å². The van der Waals surface area contributed by atoms with Crippen LogP contribution in [0.3, 0.4) is 0 Å². The standard InChI is InChI=1S/C18H20N2O2S2/c1-4-9-19-13-8-6-5-7-12(13)14(16(19)21)15-17(22)20(10-11(2)3)18(23)24-15/h5-8,11H,4,9-10H2,1-3H3. The van der Waals surface area contributed by atoms with E-state index in [0.717, 1.165) is 17.7 Å². The monoisotopic (exact) mass is 360 g/mol. The van der Waals surface area contributed by atoms with Crippen LogP contribution in [-0.2, 0) is 9.59 Å². The first-order valence-electron chi connectivity index (χ1n) is 8.14. The van der Waals surface area contributed by atoms with E-state index in [-0.39, 0.29) is 11.8 Å². The Labute approximate surface area is 151 Å². The summed E-state index contributed by atoms with van der Waals surface area (Å²) in [6.45, 7) is 7.35. The van der Waals surface area contributed by atoms with Gasteiger partial charge in [0, 0.05) is 18.7 Å². The number of thioether (sulfide) groups is 1. The SMILES string of the molecule is CCCN1C(=O)C(=C2SC(=S)N(CC(C)C)C2=O)c2ccccc21. The van der Waals surface area contributed by atoms with Gasteiger partial charge in [-0.05, 0) is 18.4 Å². The maximum Gasteiger partial charge on any atom is 0.267 e. The molecule has 0 spiro atoms. The Morgan fingerprint density at radius 2 is 1.83 bits per heavy atom. The topological polar surface area (TPSA) is 40.6 Å². The Morgan fingerprint density at radius 3 is 2.50 bits per heavy atom. The van der Waals surface area contributed by atoms with Crippen LogP contribution in [0.2, 0.25) is 0 Å². The molecule has 0 N–H and O–H groups in total. The number of anilines is 1. The van der Waals surface area contributed by atoms with E-state index in [2.05, 4.69) is 0 Å². The highest BCUT2D eigenvalue weighted by Gasteiger charge is 2.41. The third-order valence-corrected chi connectivity index (χ3v) is 5.44. The second kappa shape index (κ2) is 6.69. The minimum atomic E-state index is -0.143. The molecule has 1 fully saturated rings. The van der Waals surface area contributed by atoms with Gasteiger partial charge in [0.1, 0.15) is 4.32 Å². The summed E-state index contributed by atoms with van der Waals surface area (Å²) in [5.41, 5.74) is 2.22. The predicted molar refractivity (Wildman–Crippen MR) is 103 cm³/mol. The number of nitrogens with zero attached hydrogens (tertiary/aromatic N) is 2. The number of thiocarbonyl (C=S) groups is 1. The van der Waals surface area contributed by atoms with Crippen LogP contribution in [0.15, 0.2) is 29.2 Å². The van der Waals surface area contributed by atoms with Crippen LogP contribution in [-0.4, -0.2) is 34.1 Å². The molecule has 0 aliphatic carbocycles. The molecule has 1 aromatic carbocycles. The first-order chi connectivity index (χ1) is 11.5. The van der Waals surface area contributed by atoms with Gasteiger partial charge in [0.25, 0.3) is 11.8 Å². The van der Waals surface area contributed by atoms with E-state index in [1.165, 1.54) is 11.8 Å². The zero-order valence-electron chi connectivity index (χ0n) is 14.0. The van der Waals surface area contributed by atoms with Gasteiger partial charge in [-0.1, -0.05) is 63.0 Å². The molecule has 0 bridgehead atoms. The van der Waals surface area contributed by atoms with Crippen LogP contribution in [0, 0.1) is 5.92 Å². The summed E-state index contributed by atoms with van der Waals surface area (Å²) in [5, 5.41) is 0. The third kappa shape index (κ3) is 2.78. The molecule has 0 radical (unpaired) electrons. The molecular formula is C18H20N2O2S2. The van der Waals surface area contributed by atoms with Crippen LogP contribution in [0.25, 0.3) is 5.57 Å². The van der Waals surface area contributed by atoms with Gasteiger partial charge in [0.2, 0.25) is 0 Å². The number of benzene rings is 1. The molecule has 126 valence electrons. The van der Waals surface area contributed by atoms with Crippen molar-refractivity contribution < 1.29 is 9.59 Å². The number of hydrogen-bond donors (Lipinski definition) is 0.